The van der Waals surface area contributed by atoms with Crippen LogP contribution in [-0.4, -0.2) is 64.0 Å². The molecule has 1 aromatic carbocycles. The first-order valence-corrected chi connectivity index (χ1v) is 9.45. The van der Waals surface area contributed by atoms with Crippen LogP contribution in [0.4, 0.5) is 0 Å². The van der Waals surface area contributed by atoms with Crippen molar-refractivity contribution in [2.75, 3.05) is 32.7 Å². The van der Waals surface area contributed by atoms with Gasteiger partial charge in [-0.1, -0.05) is 19.1 Å². The molecule has 1 fully saturated rings. The molecular weight excluding hydrogens is 326 g/mol. The number of carbonyl (C=O) groups is 1. The minimum absolute atomic E-state index is 0.142. The first kappa shape index (κ1) is 18.6. The highest BCUT2D eigenvalue weighted by atomic mass is 16.2. The van der Waals surface area contributed by atoms with Crippen LogP contribution in [0.1, 0.15) is 25.8 Å². The van der Waals surface area contributed by atoms with Crippen LogP contribution in [-0.2, 0) is 11.3 Å². The van der Waals surface area contributed by atoms with E-state index in [1.165, 1.54) is 5.56 Å². The summed E-state index contributed by atoms with van der Waals surface area (Å²) in [6.07, 6.45) is 6.52. The molecule has 1 aliphatic rings. The van der Waals surface area contributed by atoms with E-state index in [0.29, 0.717) is 6.54 Å². The van der Waals surface area contributed by atoms with E-state index in [2.05, 4.69) is 51.3 Å². The van der Waals surface area contributed by atoms with E-state index in [0.717, 1.165) is 44.8 Å². The normalized spacial score (nSPS) is 17.2. The number of hydrogen-bond acceptors (Lipinski definition) is 4. The maximum Gasteiger partial charge on any atom is 0.234 e. The molecule has 6 nitrogen and oxygen atoms in total. The molecule has 1 aromatic heterocycles. The van der Waals surface area contributed by atoms with Crippen molar-refractivity contribution in [3.8, 4) is 5.69 Å². The van der Waals surface area contributed by atoms with Gasteiger partial charge in [0.05, 0.1) is 12.9 Å². The van der Waals surface area contributed by atoms with Crippen molar-refractivity contribution in [1.29, 1.82) is 0 Å². The number of rotatable bonds is 7. The van der Waals surface area contributed by atoms with Crippen molar-refractivity contribution in [3.63, 3.8) is 0 Å². The molecule has 1 unspecified atom stereocenters. The summed E-state index contributed by atoms with van der Waals surface area (Å²) in [5, 5.41) is 3.04. The first-order chi connectivity index (χ1) is 12.6. The van der Waals surface area contributed by atoms with Crippen LogP contribution in [0.2, 0.25) is 0 Å². The third kappa shape index (κ3) is 5.16. The van der Waals surface area contributed by atoms with Crippen LogP contribution in [0.25, 0.3) is 5.69 Å². The van der Waals surface area contributed by atoms with Gasteiger partial charge in [0.1, 0.15) is 0 Å². The van der Waals surface area contributed by atoms with Crippen LogP contribution in [0, 0.1) is 0 Å². The number of carbonyl (C=O) groups excluding carboxylic acids is 1. The fraction of sp³-hybridized carbons (Fsp3) is 0.500. The van der Waals surface area contributed by atoms with Crippen molar-refractivity contribution in [2.45, 2.75) is 32.9 Å². The second-order valence-corrected chi connectivity index (χ2v) is 7.07. The Morgan fingerprint density at radius 3 is 2.46 bits per heavy atom. The molecule has 1 aliphatic heterocycles. The van der Waals surface area contributed by atoms with Gasteiger partial charge in [0.2, 0.25) is 5.91 Å². The summed E-state index contributed by atoms with van der Waals surface area (Å²) < 4.78 is 2.01. The molecule has 0 saturated carbocycles. The van der Waals surface area contributed by atoms with Crippen molar-refractivity contribution < 1.29 is 4.79 Å². The van der Waals surface area contributed by atoms with Crippen LogP contribution >= 0.6 is 0 Å². The van der Waals surface area contributed by atoms with Crippen LogP contribution in [0.15, 0.2) is 43.0 Å². The summed E-state index contributed by atoms with van der Waals surface area (Å²) in [4.78, 5) is 20.8. The SMILES string of the molecule is CCC(C)NC(=O)CN1CCN(Cc2ccc(-n3ccnc3)cc2)CC1. The molecule has 0 radical (unpaired) electrons. The summed E-state index contributed by atoms with van der Waals surface area (Å²) in [6, 6.07) is 8.88. The zero-order valence-electron chi connectivity index (χ0n) is 15.8. The highest BCUT2D eigenvalue weighted by molar-refractivity contribution is 5.78. The van der Waals surface area contributed by atoms with Crippen molar-refractivity contribution >= 4 is 5.91 Å². The fourth-order valence-corrected chi connectivity index (χ4v) is 3.17. The van der Waals surface area contributed by atoms with E-state index in [1.54, 1.807) is 6.20 Å². The molecule has 0 bridgehead atoms. The van der Waals surface area contributed by atoms with Gasteiger partial charge in [-0.2, -0.15) is 0 Å². The first-order valence-electron chi connectivity index (χ1n) is 9.45. The average Bonchev–Trinajstić information content (AvgIpc) is 3.18. The number of imidazole rings is 1. The Bertz CT molecular complexity index is 675. The molecule has 1 atom stereocenters. The number of benzene rings is 1. The Morgan fingerprint density at radius 2 is 1.85 bits per heavy atom. The van der Waals surface area contributed by atoms with Gasteiger partial charge in [-0.25, -0.2) is 4.98 Å². The Balaban J connectivity index is 1.43. The zero-order chi connectivity index (χ0) is 18.4. The van der Waals surface area contributed by atoms with Crippen LogP contribution in [0.5, 0.6) is 0 Å². The summed E-state index contributed by atoms with van der Waals surface area (Å²) in [5.41, 5.74) is 2.44. The number of aromatic nitrogens is 2. The van der Waals surface area contributed by atoms with Gasteiger partial charge >= 0.3 is 0 Å². The minimum Gasteiger partial charge on any atom is -0.353 e. The molecule has 2 aromatic rings. The van der Waals surface area contributed by atoms with Crippen molar-refractivity contribution in [1.82, 2.24) is 24.7 Å². The van der Waals surface area contributed by atoms with E-state index < -0.39 is 0 Å². The molecule has 0 spiro atoms. The van der Waals surface area contributed by atoms with Crippen LogP contribution in [0.3, 0.4) is 0 Å². The third-order valence-corrected chi connectivity index (χ3v) is 5.00. The molecule has 0 aliphatic carbocycles. The summed E-state index contributed by atoms with van der Waals surface area (Å²) in [7, 11) is 0. The van der Waals surface area contributed by atoms with Gasteiger partial charge in [0.15, 0.2) is 0 Å². The topological polar surface area (TPSA) is 53.4 Å². The molecule has 2 heterocycles. The molecule has 26 heavy (non-hydrogen) atoms. The molecule has 1 N–H and O–H groups in total. The van der Waals surface area contributed by atoms with Gasteiger partial charge in [-0.15, -0.1) is 0 Å². The summed E-state index contributed by atoms with van der Waals surface area (Å²) in [5.74, 6) is 0.142. The molecule has 1 amide bonds. The van der Waals surface area contributed by atoms with E-state index in [1.807, 2.05) is 24.0 Å². The lowest BCUT2D eigenvalue weighted by atomic mass is 10.1. The smallest absolute Gasteiger partial charge is 0.234 e. The fourth-order valence-electron chi connectivity index (χ4n) is 3.17. The Kier molecular flexibility index (Phi) is 6.41. The Morgan fingerprint density at radius 1 is 1.15 bits per heavy atom. The Labute approximate surface area is 155 Å². The molecular formula is C20H29N5O. The van der Waals surface area contributed by atoms with Gasteiger partial charge in [-0.05, 0) is 31.0 Å². The lowest BCUT2D eigenvalue weighted by Gasteiger charge is -2.34. The average molecular weight is 355 g/mol. The number of amides is 1. The second-order valence-electron chi connectivity index (χ2n) is 7.07. The summed E-state index contributed by atoms with van der Waals surface area (Å²) in [6.45, 7) is 9.50. The second kappa shape index (κ2) is 8.96. The van der Waals surface area contributed by atoms with Gasteiger partial charge in [0.25, 0.3) is 0 Å². The van der Waals surface area contributed by atoms with Crippen LogP contribution < -0.4 is 5.32 Å². The number of hydrogen-bond donors (Lipinski definition) is 1. The lowest BCUT2D eigenvalue weighted by Crippen LogP contribution is -2.49. The maximum atomic E-state index is 12.0. The number of piperazine rings is 1. The van der Waals surface area contributed by atoms with Crippen molar-refractivity contribution in [3.05, 3.63) is 48.5 Å². The number of nitrogens with zero attached hydrogens (tertiary/aromatic N) is 4. The predicted molar refractivity (Wildman–Crippen MR) is 103 cm³/mol. The molecule has 3 rings (SSSR count). The van der Waals surface area contributed by atoms with Crippen molar-refractivity contribution in [2.24, 2.45) is 0 Å². The minimum atomic E-state index is 0.142. The monoisotopic (exact) mass is 355 g/mol. The van der Waals surface area contributed by atoms with Gasteiger partial charge in [-0.3, -0.25) is 14.6 Å². The van der Waals surface area contributed by atoms with Gasteiger partial charge in [0, 0.05) is 56.8 Å². The number of nitrogens with one attached hydrogen (secondary N) is 1. The standard InChI is InChI=1S/C20H29N5O/c1-3-17(2)22-20(26)15-24-12-10-23(11-13-24)14-18-4-6-19(7-5-18)25-9-8-21-16-25/h4-9,16-17H,3,10-15H2,1-2H3,(H,22,26). The van der Waals surface area contributed by atoms with E-state index >= 15 is 0 Å². The van der Waals surface area contributed by atoms with E-state index in [-0.39, 0.29) is 11.9 Å². The predicted octanol–water partition coefficient (Wildman–Crippen LogP) is 1.90. The van der Waals surface area contributed by atoms with E-state index in [9.17, 15) is 4.79 Å². The zero-order valence-corrected chi connectivity index (χ0v) is 15.8. The summed E-state index contributed by atoms with van der Waals surface area (Å²) >= 11 is 0. The largest absolute Gasteiger partial charge is 0.353 e. The third-order valence-electron chi connectivity index (χ3n) is 5.00. The Hall–Kier alpha value is -2.18. The highest BCUT2D eigenvalue weighted by Crippen LogP contribution is 2.12. The lowest BCUT2D eigenvalue weighted by molar-refractivity contribution is -0.123. The molecule has 140 valence electrons. The molecule has 1 saturated heterocycles. The molecule has 6 heteroatoms. The van der Waals surface area contributed by atoms with E-state index in [4.69, 9.17) is 0 Å². The van der Waals surface area contributed by atoms with Gasteiger partial charge < -0.3 is 9.88 Å². The highest BCUT2D eigenvalue weighted by Gasteiger charge is 2.19. The quantitative estimate of drug-likeness (QED) is 0.824. The maximum absolute atomic E-state index is 12.0.